The van der Waals surface area contributed by atoms with E-state index >= 15 is 0 Å². The van der Waals surface area contributed by atoms with E-state index in [0.717, 1.165) is 18.8 Å². The van der Waals surface area contributed by atoms with Gasteiger partial charge in [-0.2, -0.15) is 5.26 Å². The molecule has 4 saturated carbocycles. The van der Waals surface area contributed by atoms with Crippen LogP contribution < -0.4 is 0 Å². The lowest BCUT2D eigenvalue weighted by molar-refractivity contribution is -0.158. The van der Waals surface area contributed by atoms with Crippen LogP contribution in [-0.2, 0) is 9.53 Å². The summed E-state index contributed by atoms with van der Waals surface area (Å²) in [5.74, 6) is 4.28. The lowest BCUT2D eigenvalue weighted by Crippen LogP contribution is -2.44. The highest BCUT2D eigenvalue weighted by atomic mass is 16.5. The van der Waals surface area contributed by atoms with Crippen molar-refractivity contribution in [3.8, 4) is 6.07 Å². The van der Waals surface area contributed by atoms with Crippen molar-refractivity contribution in [1.29, 1.82) is 5.26 Å². The number of ether oxygens (including phenoxy) is 1. The number of rotatable bonds is 1. The molecule has 4 fully saturated rings. The van der Waals surface area contributed by atoms with Crippen LogP contribution in [0.25, 0.3) is 0 Å². The summed E-state index contributed by atoms with van der Waals surface area (Å²) in [7, 11) is 1.52. The van der Waals surface area contributed by atoms with Gasteiger partial charge in [-0.3, -0.25) is 4.79 Å². The van der Waals surface area contributed by atoms with Crippen molar-refractivity contribution in [3.05, 3.63) is 0 Å². The Morgan fingerprint density at radius 1 is 1.26 bits per heavy atom. The van der Waals surface area contributed by atoms with Crippen LogP contribution in [0.2, 0.25) is 0 Å². The number of methoxy groups -OCH3 is 1. The second kappa shape index (κ2) is 3.53. The van der Waals surface area contributed by atoms with Crippen LogP contribution in [0.15, 0.2) is 0 Å². The summed E-state index contributed by atoms with van der Waals surface area (Å²) in [6.07, 6.45) is 4.53. The summed E-state index contributed by atoms with van der Waals surface area (Å²) in [6, 6.07) is 2.53. The standard InChI is InChI=1S/C16H21NO2/c1-16(15(18)19-2)6-9-5-12(16)14-8-3-10(7-17)11(4-8)13(9)14/h8-14H,3-6H2,1-2H3. The molecule has 8 unspecified atom stereocenters. The molecular formula is C16H21NO2. The molecule has 8 atom stereocenters. The highest BCUT2D eigenvalue weighted by molar-refractivity contribution is 5.77. The molecule has 0 aromatic heterocycles. The summed E-state index contributed by atoms with van der Waals surface area (Å²) < 4.78 is 5.07. The van der Waals surface area contributed by atoms with Gasteiger partial charge in [-0.15, -0.1) is 0 Å². The summed E-state index contributed by atoms with van der Waals surface area (Å²) in [5.41, 5.74) is -0.243. The Morgan fingerprint density at radius 3 is 2.74 bits per heavy atom. The van der Waals surface area contributed by atoms with Crippen LogP contribution in [0.1, 0.15) is 32.6 Å². The Balaban J connectivity index is 1.66. The number of carbonyl (C=O) groups is 1. The van der Waals surface area contributed by atoms with Gasteiger partial charge in [-0.05, 0) is 68.1 Å². The van der Waals surface area contributed by atoms with E-state index in [2.05, 4.69) is 13.0 Å². The fraction of sp³-hybridized carbons (Fsp3) is 0.875. The zero-order chi connectivity index (χ0) is 13.4. The van der Waals surface area contributed by atoms with Crippen LogP contribution in [0, 0.1) is 58.2 Å². The van der Waals surface area contributed by atoms with Crippen molar-refractivity contribution >= 4 is 5.97 Å². The number of nitriles is 1. The Hall–Kier alpha value is -1.04. The first-order valence-electron chi connectivity index (χ1n) is 7.58. The van der Waals surface area contributed by atoms with E-state index in [4.69, 9.17) is 4.74 Å². The van der Waals surface area contributed by atoms with Crippen LogP contribution >= 0.6 is 0 Å². The fourth-order valence-electron chi connectivity index (χ4n) is 6.57. The number of fused-ring (bicyclic) bond motifs is 9. The van der Waals surface area contributed by atoms with Gasteiger partial charge < -0.3 is 4.74 Å². The van der Waals surface area contributed by atoms with Gasteiger partial charge in [0.25, 0.3) is 0 Å². The van der Waals surface area contributed by atoms with Crippen LogP contribution in [-0.4, -0.2) is 13.1 Å². The maximum Gasteiger partial charge on any atom is 0.311 e. The zero-order valence-electron chi connectivity index (χ0n) is 11.6. The van der Waals surface area contributed by atoms with Gasteiger partial charge >= 0.3 is 5.97 Å². The molecule has 4 bridgehead atoms. The zero-order valence-corrected chi connectivity index (χ0v) is 11.6. The monoisotopic (exact) mass is 259 g/mol. The molecule has 4 aliphatic carbocycles. The van der Waals surface area contributed by atoms with Gasteiger partial charge in [0, 0.05) is 5.92 Å². The maximum atomic E-state index is 12.2. The van der Waals surface area contributed by atoms with Gasteiger partial charge in [-0.1, -0.05) is 0 Å². The maximum absolute atomic E-state index is 12.2. The normalized spacial score (nSPS) is 57.0. The molecule has 0 radical (unpaired) electrons. The van der Waals surface area contributed by atoms with Gasteiger partial charge in [0.1, 0.15) is 0 Å². The Labute approximate surface area is 114 Å². The van der Waals surface area contributed by atoms with E-state index in [9.17, 15) is 10.1 Å². The van der Waals surface area contributed by atoms with Crippen LogP contribution in [0.3, 0.4) is 0 Å². The number of nitrogens with zero attached hydrogens (tertiary/aromatic N) is 1. The number of hydrogen-bond acceptors (Lipinski definition) is 3. The average molecular weight is 259 g/mol. The van der Waals surface area contributed by atoms with Crippen molar-refractivity contribution in [1.82, 2.24) is 0 Å². The van der Waals surface area contributed by atoms with E-state index in [1.165, 1.54) is 20.0 Å². The molecule has 3 heteroatoms. The van der Waals surface area contributed by atoms with Crippen molar-refractivity contribution in [2.75, 3.05) is 7.11 Å². The lowest BCUT2D eigenvalue weighted by Gasteiger charge is -2.43. The molecule has 0 aromatic rings. The fourth-order valence-corrected chi connectivity index (χ4v) is 6.57. The molecule has 0 spiro atoms. The molecule has 3 nitrogen and oxygen atoms in total. The molecule has 4 rings (SSSR count). The Kier molecular flexibility index (Phi) is 2.19. The third kappa shape index (κ3) is 1.21. The topological polar surface area (TPSA) is 50.1 Å². The van der Waals surface area contributed by atoms with Gasteiger partial charge in [0.2, 0.25) is 0 Å². The Bertz CT molecular complexity index is 482. The van der Waals surface area contributed by atoms with Crippen molar-refractivity contribution in [2.24, 2.45) is 46.8 Å². The molecule has 102 valence electrons. The average Bonchev–Trinajstić information content (AvgIpc) is 3.12. The molecule has 0 saturated heterocycles. The highest BCUT2D eigenvalue weighted by Crippen LogP contribution is 2.72. The SMILES string of the molecule is COC(=O)C1(C)CC2CC1C1C3CC(C#N)C(C3)C21. The van der Waals surface area contributed by atoms with Crippen LogP contribution in [0.4, 0.5) is 0 Å². The van der Waals surface area contributed by atoms with Gasteiger partial charge in [0.05, 0.1) is 18.6 Å². The smallest absolute Gasteiger partial charge is 0.311 e. The first kappa shape index (κ1) is 11.8. The molecule has 4 aliphatic rings. The Morgan fingerprint density at radius 2 is 2.05 bits per heavy atom. The molecule has 0 heterocycles. The predicted molar refractivity (Wildman–Crippen MR) is 68.6 cm³/mol. The molecule has 0 aromatic carbocycles. The van der Waals surface area contributed by atoms with Crippen molar-refractivity contribution in [2.45, 2.75) is 32.6 Å². The highest BCUT2D eigenvalue weighted by Gasteiger charge is 2.69. The van der Waals surface area contributed by atoms with Crippen molar-refractivity contribution in [3.63, 3.8) is 0 Å². The number of esters is 1. The number of hydrogen-bond donors (Lipinski definition) is 0. The summed E-state index contributed by atoms with van der Waals surface area (Å²) >= 11 is 0. The minimum atomic E-state index is -0.243. The summed E-state index contributed by atoms with van der Waals surface area (Å²) in [6.45, 7) is 2.12. The van der Waals surface area contributed by atoms with Gasteiger partial charge in [0.15, 0.2) is 0 Å². The summed E-state index contributed by atoms with van der Waals surface area (Å²) in [4.78, 5) is 12.2. The molecule has 0 amide bonds. The predicted octanol–water partition coefficient (Wildman–Crippen LogP) is 2.62. The van der Waals surface area contributed by atoms with Crippen LogP contribution in [0.5, 0.6) is 0 Å². The third-order valence-corrected chi connectivity index (χ3v) is 7.02. The molecular weight excluding hydrogens is 238 g/mol. The first-order valence-corrected chi connectivity index (χ1v) is 7.58. The third-order valence-electron chi connectivity index (χ3n) is 7.02. The lowest BCUT2D eigenvalue weighted by atomic mass is 9.60. The minimum absolute atomic E-state index is 0.00180. The summed E-state index contributed by atoms with van der Waals surface area (Å²) in [5, 5.41) is 9.28. The van der Waals surface area contributed by atoms with E-state index in [1.54, 1.807) is 0 Å². The molecule has 0 N–H and O–H groups in total. The largest absolute Gasteiger partial charge is 0.469 e. The van der Waals surface area contributed by atoms with E-state index in [0.29, 0.717) is 35.5 Å². The molecule has 0 aliphatic heterocycles. The first-order chi connectivity index (χ1) is 9.10. The van der Waals surface area contributed by atoms with E-state index in [1.807, 2.05) is 0 Å². The molecule has 19 heavy (non-hydrogen) atoms. The number of carbonyl (C=O) groups excluding carboxylic acids is 1. The second-order valence-electron chi connectivity index (χ2n) is 7.50. The van der Waals surface area contributed by atoms with Crippen molar-refractivity contribution < 1.29 is 9.53 Å². The van der Waals surface area contributed by atoms with Gasteiger partial charge in [-0.25, -0.2) is 0 Å². The van der Waals surface area contributed by atoms with E-state index < -0.39 is 0 Å². The second-order valence-corrected chi connectivity index (χ2v) is 7.50. The minimum Gasteiger partial charge on any atom is -0.469 e. The van der Waals surface area contributed by atoms with E-state index in [-0.39, 0.29) is 11.4 Å². The quantitative estimate of drug-likeness (QED) is 0.537.